The minimum absolute atomic E-state index is 0.0148. The zero-order valence-electron chi connectivity index (χ0n) is 19.5. The lowest BCUT2D eigenvalue weighted by Crippen LogP contribution is -2.44. The Bertz CT molecular complexity index is 937. The number of benzene rings is 2. The molecule has 2 aromatic rings. The van der Waals surface area contributed by atoms with E-state index in [4.69, 9.17) is 9.73 Å². The number of aliphatic imine (C=N–C) groups is 1. The SMILES string of the molecule is CCN(CC)c1ccc(N=Cc2cc3c(cc2OC)N(CC)C(C)(C)C=C3C)cc1. The van der Waals surface area contributed by atoms with Crippen LogP contribution in [0.15, 0.2) is 47.5 Å². The largest absolute Gasteiger partial charge is 0.496 e. The maximum Gasteiger partial charge on any atom is 0.129 e. The molecular weight excluding hydrogens is 370 g/mol. The van der Waals surface area contributed by atoms with Crippen molar-refractivity contribution in [2.75, 3.05) is 36.5 Å². The van der Waals surface area contributed by atoms with Gasteiger partial charge in [0.25, 0.3) is 0 Å². The number of anilines is 2. The van der Waals surface area contributed by atoms with Crippen molar-refractivity contribution in [1.82, 2.24) is 0 Å². The Kier molecular flexibility index (Phi) is 6.55. The highest BCUT2D eigenvalue weighted by Crippen LogP contribution is 2.41. The molecule has 4 heteroatoms. The summed E-state index contributed by atoms with van der Waals surface area (Å²) in [5.74, 6) is 0.848. The molecule has 0 fully saturated rings. The van der Waals surface area contributed by atoms with Gasteiger partial charge in [-0.15, -0.1) is 0 Å². The summed E-state index contributed by atoms with van der Waals surface area (Å²) in [7, 11) is 1.73. The summed E-state index contributed by atoms with van der Waals surface area (Å²) in [5.41, 5.74) is 6.91. The van der Waals surface area contributed by atoms with Crippen LogP contribution < -0.4 is 14.5 Å². The average molecular weight is 406 g/mol. The zero-order chi connectivity index (χ0) is 21.9. The second kappa shape index (κ2) is 8.95. The quantitative estimate of drug-likeness (QED) is 0.505. The highest BCUT2D eigenvalue weighted by atomic mass is 16.5. The Morgan fingerprint density at radius 2 is 1.73 bits per heavy atom. The molecule has 0 radical (unpaired) electrons. The van der Waals surface area contributed by atoms with Crippen molar-refractivity contribution in [3.63, 3.8) is 0 Å². The van der Waals surface area contributed by atoms with Crippen LogP contribution in [0.2, 0.25) is 0 Å². The van der Waals surface area contributed by atoms with Crippen LogP contribution >= 0.6 is 0 Å². The van der Waals surface area contributed by atoms with E-state index >= 15 is 0 Å². The van der Waals surface area contributed by atoms with E-state index in [1.54, 1.807) is 7.11 Å². The van der Waals surface area contributed by atoms with Gasteiger partial charge in [-0.25, -0.2) is 0 Å². The first-order chi connectivity index (χ1) is 14.3. The van der Waals surface area contributed by atoms with Crippen LogP contribution in [0.5, 0.6) is 5.75 Å². The van der Waals surface area contributed by atoms with Gasteiger partial charge in [-0.3, -0.25) is 4.99 Å². The van der Waals surface area contributed by atoms with Crippen LogP contribution in [-0.2, 0) is 0 Å². The summed E-state index contributed by atoms with van der Waals surface area (Å²) in [6.45, 7) is 16.2. The van der Waals surface area contributed by atoms with Crippen LogP contribution in [0, 0.1) is 0 Å². The van der Waals surface area contributed by atoms with Crippen molar-refractivity contribution >= 4 is 28.8 Å². The first-order valence-corrected chi connectivity index (χ1v) is 10.9. The molecule has 30 heavy (non-hydrogen) atoms. The van der Waals surface area contributed by atoms with Gasteiger partial charge in [-0.05, 0) is 77.4 Å². The van der Waals surface area contributed by atoms with Crippen molar-refractivity contribution < 1.29 is 4.74 Å². The highest BCUT2D eigenvalue weighted by Gasteiger charge is 2.31. The average Bonchev–Trinajstić information content (AvgIpc) is 2.73. The molecule has 0 aromatic heterocycles. The molecule has 0 saturated carbocycles. The molecule has 0 unspecified atom stereocenters. The number of allylic oxidation sites excluding steroid dienone is 1. The van der Waals surface area contributed by atoms with Crippen molar-refractivity contribution in [3.05, 3.63) is 53.6 Å². The van der Waals surface area contributed by atoms with E-state index < -0.39 is 0 Å². The molecule has 0 aliphatic carbocycles. The summed E-state index contributed by atoms with van der Waals surface area (Å²) in [4.78, 5) is 9.47. The lowest BCUT2D eigenvalue weighted by molar-refractivity contribution is 0.413. The Morgan fingerprint density at radius 3 is 2.30 bits per heavy atom. The number of nitrogens with zero attached hydrogens (tertiary/aromatic N) is 3. The molecule has 160 valence electrons. The fourth-order valence-electron chi connectivity index (χ4n) is 4.46. The van der Waals surface area contributed by atoms with Crippen molar-refractivity contribution in [2.45, 2.75) is 47.1 Å². The minimum atomic E-state index is -0.0148. The summed E-state index contributed by atoms with van der Waals surface area (Å²) in [6, 6.07) is 12.8. The molecule has 4 nitrogen and oxygen atoms in total. The molecule has 0 N–H and O–H groups in total. The van der Waals surface area contributed by atoms with Crippen molar-refractivity contribution in [3.8, 4) is 5.75 Å². The van der Waals surface area contributed by atoms with Gasteiger partial charge in [0.1, 0.15) is 5.75 Å². The van der Waals surface area contributed by atoms with Crippen molar-refractivity contribution in [2.24, 2.45) is 4.99 Å². The van der Waals surface area contributed by atoms with Gasteiger partial charge in [0.05, 0.1) is 18.3 Å². The first-order valence-electron chi connectivity index (χ1n) is 10.9. The second-order valence-electron chi connectivity index (χ2n) is 8.28. The molecule has 0 saturated heterocycles. The topological polar surface area (TPSA) is 28.1 Å². The molecule has 1 aliphatic rings. The molecule has 1 aliphatic heterocycles. The van der Waals surface area contributed by atoms with Gasteiger partial charge in [0.15, 0.2) is 0 Å². The lowest BCUT2D eigenvalue weighted by atomic mass is 9.88. The molecular formula is C26H35N3O. The van der Waals surface area contributed by atoms with Gasteiger partial charge in [0, 0.05) is 54.4 Å². The molecule has 1 heterocycles. The monoisotopic (exact) mass is 405 g/mol. The molecule has 0 amide bonds. The number of rotatable bonds is 7. The predicted octanol–water partition coefficient (Wildman–Crippen LogP) is 6.31. The maximum atomic E-state index is 5.73. The third-order valence-corrected chi connectivity index (χ3v) is 5.98. The second-order valence-corrected chi connectivity index (χ2v) is 8.28. The van der Waals surface area contributed by atoms with Crippen LogP contribution in [0.3, 0.4) is 0 Å². The van der Waals surface area contributed by atoms with Crippen LogP contribution in [-0.4, -0.2) is 38.5 Å². The third-order valence-electron chi connectivity index (χ3n) is 5.98. The number of hydrogen-bond donors (Lipinski definition) is 0. The highest BCUT2D eigenvalue weighted by molar-refractivity contribution is 5.92. The van der Waals surface area contributed by atoms with Crippen LogP contribution in [0.25, 0.3) is 5.57 Å². The Morgan fingerprint density at radius 1 is 1.07 bits per heavy atom. The van der Waals surface area contributed by atoms with E-state index in [9.17, 15) is 0 Å². The predicted molar refractivity (Wildman–Crippen MR) is 131 cm³/mol. The number of methoxy groups -OCH3 is 1. The number of likely N-dealkylation sites (N-methyl/N-ethyl adjacent to an activating group) is 1. The summed E-state index contributed by atoms with van der Waals surface area (Å²) in [5, 5.41) is 0. The molecule has 0 atom stereocenters. The van der Waals surface area contributed by atoms with E-state index in [0.717, 1.165) is 36.6 Å². The molecule has 2 aromatic carbocycles. The lowest BCUT2D eigenvalue weighted by Gasteiger charge is -2.43. The third kappa shape index (κ3) is 4.23. The molecule has 0 spiro atoms. The fraction of sp³-hybridized carbons (Fsp3) is 0.423. The van der Waals surface area contributed by atoms with E-state index in [1.807, 2.05) is 6.21 Å². The summed E-state index contributed by atoms with van der Waals surface area (Å²) in [6.07, 6.45) is 4.26. The van der Waals surface area contributed by atoms with Gasteiger partial charge < -0.3 is 14.5 Å². The minimum Gasteiger partial charge on any atom is -0.496 e. The number of ether oxygens (including phenoxy) is 1. The Hall–Kier alpha value is -2.75. The van der Waals surface area contributed by atoms with Gasteiger partial charge in [0.2, 0.25) is 0 Å². The van der Waals surface area contributed by atoms with Crippen molar-refractivity contribution in [1.29, 1.82) is 0 Å². The van der Waals surface area contributed by atoms with E-state index in [2.05, 4.69) is 93.8 Å². The Balaban J connectivity index is 1.95. The number of fused-ring (bicyclic) bond motifs is 1. The summed E-state index contributed by atoms with van der Waals surface area (Å²) < 4.78 is 5.73. The first kappa shape index (κ1) is 21.9. The smallest absolute Gasteiger partial charge is 0.129 e. The van der Waals surface area contributed by atoms with Gasteiger partial charge >= 0.3 is 0 Å². The van der Waals surface area contributed by atoms with Crippen LogP contribution in [0.1, 0.15) is 52.7 Å². The van der Waals surface area contributed by atoms with Gasteiger partial charge in [-0.2, -0.15) is 0 Å². The van der Waals surface area contributed by atoms with E-state index in [-0.39, 0.29) is 5.54 Å². The standard InChI is InChI=1S/C26H35N3O/c1-8-28(9-2)22-13-11-21(12-14-22)27-18-20-15-23-19(4)17-26(5,6)29(10-3)24(23)16-25(20)30-7/h11-18H,8-10H2,1-7H3. The van der Waals surface area contributed by atoms with Gasteiger partial charge in [-0.1, -0.05) is 6.08 Å². The normalized spacial score (nSPS) is 15.2. The maximum absolute atomic E-state index is 5.73. The van der Waals surface area contributed by atoms with E-state index in [1.165, 1.54) is 22.5 Å². The zero-order valence-corrected chi connectivity index (χ0v) is 19.5. The fourth-order valence-corrected chi connectivity index (χ4v) is 4.46. The molecule has 0 bridgehead atoms. The van der Waals surface area contributed by atoms with E-state index in [0.29, 0.717) is 0 Å². The number of hydrogen-bond acceptors (Lipinski definition) is 4. The summed E-state index contributed by atoms with van der Waals surface area (Å²) >= 11 is 0. The Labute approximate surface area is 181 Å². The van der Waals surface area contributed by atoms with Crippen LogP contribution in [0.4, 0.5) is 17.1 Å². The molecule has 3 rings (SSSR count).